The number of nitrogens with zero attached hydrogens (tertiary/aromatic N) is 4. The lowest BCUT2D eigenvalue weighted by Gasteiger charge is -2.07. The topological polar surface area (TPSA) is 63.8 Å². The van der Waals surface area contributed by atoms with Gasteiger partial charge < -0.3 is 5.11 Å². The summed E-state index contributed by atoms with van der Waals surface area (Å²) in [4.78, 5) is 4.35. The van der Waals surface area contributed by atoms with Crippen molar-refractivity contribution in [2.45, 2.75) is 6.61 Å². The first-order chi connectivity index (χ1) is 8.40. The van der Waals surface area contributed by atoms with Crippen molar-refractivity contribution in [2.24, 2.45) is 0 Å². The van der Waals surface area contributed by atoms with Crippen LogP contribution in [0, 0.1) is 0 Å². The number of rotatable bonds is 2. The third-order valence-corrected chi connectivity index (χ3v) is 2.63. The molecule has 5 heteroatoms. The number of benzene rings is 1. The fourth-order valence-electron chi connectivity index (χ4n) is 1.85. The maximum Gasteiger partial charge on any atom is 0.163 e. The second-order valence-corrected chi connectivity index (χ2v) is 3.63. The van der Waals surface area contributed by atoms with Crippen molar-refractivity contribution < 1.29 is 5.11 Å². The van der Waals surface area contributed by atoms with Gasteiger partial charge in [0.15, 0.2) is 5.82 Å². The Labute approximate surface area is 97.4 Å². The van der Waals surface area contributed by atoms with Crippen LogP contribution in [0.5, 0.6) is 0 Å². The minimum Gasteiger partial charge on any atom is -0.388 e. The van der Waals surface area contributed by atoms with Crippen molar-refractivity contribution in [3.05, 3.63) is 48.7 Å². The fourth-order valence-corrected chi connectivity index (χ4v) is 1.85. The number of aliphatic hydroxyl groups is 1. The molecular weight excluding hydrogens is 216 g/mol. The van der Waals surface area contributed by atoms with E-state index in [-0.39, 0.29) is 6.61 Å². The van der Waals surface area contributed by atoms with Crippen LogP contribution < -0.4 is 0 Å². The molecule has 0 atom stereocenters. The first-order valence-corrected chi connectivity index (χ1v) is 5.24. The first kappa shape index (κ1) is 9.92. The van der Waals surface area contributed by atoms with Gasteiger partial charge in [0.25, 0.3) is 0 Å². The van der Waals surface area contributed by atoms with Crippen molar-refractivity contribution in [2.75, 3.05) is 0 Å². The van der Waals surface area contributed by atoms with E-state index in [1.165, 1.54) is 0 Å². The highest BCUT2D eigenvalue weighted by Gasteiger charge is 2.08. The number of aromatic nitrogens is 4. The molecule has 0 unspecified atom stereocenters. The Morgan fingerprint density at radius 1 is 1.18 bits per heavy atom. The first-order valence-electron chi connectivity index (χ1n) is 5.24. The van der Waals surface area contributed by atoms with Crippen LogP contribution >= 0.6 is 0 Å². The van der Waals surface area contributed by atoms with Gasteiger partial charge in [-0.05, 0) is 12.1 Å². The molecule has 2 aromatic heterocycles. The summed E-state index contributed by atoms with van der Waals surface area (Å²) in [6.45, 7) is -0.150. The van der Waals surface area contributed by atoms with E-state index < -0.39 is 0 Å². The van der Waals surface area contributed by atoms with Gasteiger partial charge in [0.1, 0.15) is 12.9 Å². The van der Waals surface area contributed by atoms with Crippen molar-refractivity contribution in [3.63, 3.8) is 0 Å². The molecule has 3 rings (SSSR count). The number of fused-ring (bicyclic) bond motifs is 1. The van der Waals surface area contributed by atoms with Gasteiger partial charge in [-0.15, -0.1) is 10.2 Å². The summed E-state index contributed by atoms with van der Waals surface area (Å²) in [5.41, 5.74) is 1.74. The normalized spacial score (nSPS) is 10.9. The molecule has 5 nitrogen and oxygen atoms in total. The molecule has 0 radical (unpaired) electrons. The molecule has 0 aliphatic rings. The summed E-state index contributed by atoms with van der Waals surface area (Å²) in [6, 6.07) is 9.76. The molecule has 0 fully saturated rings. The molecule has 0 saturated carbocycles. The molecule has 0 bridgehead atoms. The molecule has 3 aromatic rings. The predicted octanol–water partition coefficient (Wildman–Crippen LogP) is 1.31. The SMILES string of the molecule is OCc1nncn1-c1cccc2cccnc12. The average Bonchev–Trinajstić information content (AvgIpc) is 2.86. The van der Waals surface area contributed by atoms with E-state index in [9.17, 15) is 5.11 Å². The molecule has 2 heterocycles. The Balaban J connectivity index is 2.31. The lowest BCUT2D eigenvalue weighted by atomic mass is 10.2. The van der Waals surface area contributed by atoms with Crippen LogP contribution in [0.1, 0.15) is 5.82 Å². The highest BCUT2D eigenvalue weighted by atomic mass is 16.3. The fraction of sp³-hybridized carbons (Fsp3) is 0.0833. The predicted molar refractivity (Wildman–Crippen MR) is 62.6 cm³/mol. The Hall–Kier alpha value is -2.27. The zero-order valence-electron chi connectivity index (χ0n) is 8.98. The number of para-hydroxylation sites is 1. The van der Waals surface area contributed by atoms with E-state index in [2.05, 4.69) is 15.2 Å². The number of hydrogen-bond acceptors (Lipinski definition) is 4. The van der Waals surface area contributed by atoms with Gasteiger partial charge in [0.05, 0.1) is 11.2 Å². The minimum atomic E-state index is -0.150. The summed E-state index contributed by atoms with van der Waals surface area (Å²) < 4.78 is 1.75. The second kappa shape index (κ2) is 3.95. The van der Waals surface area contributed by atoms with E-state index in [1.807, 2.05) is 30.3 Å². The van der Waals surface area contributed by atoms with Crippen LogP contribution in [-0.2, 0) is 6.61 Å². The lowest BCUT2D eigenvalue weighted by Crippen LogP contribution is -2.01. The maximum absolute atomic E-state index is 9.20. The Kier molecular flexibility index (Phi) is 2.31. The molecule has 0 spiro atoms. The summed E-state index contributed by atoms with van der Waals surface area (Å²) in [6.07, 6.45) is 3.32. The lowest BCUT2D eigenvalue weighted by molar-refractivity contribution is 0.269. The van der Waals surface area contributed by atoms with Crippen molar-refractivity contribution in [3.8, 4) is 5.69 Å². The van der Waals surface area contributed by atoms with Gasteiger partial charge in [-0.3, -0.25) is 9.55 Å². The third-order valence-electron chi connectivity index (χ3n) is 2.63. The zero-order valence-corrected chi connectivity index (χ0v) is 8.98. The molecular formula is C12H10N4O. The number of aliphatic hydroxyl groups excluding tert-OH is 1. The largest absolute Gasteiger partial charge is 0.388 e. The number of hydrogen-bond donors (Lipinski definition) is 1. The Bertz CT molecular complexity index is 657. The van der Waals surface area contributed by atoms with Crippen LogP contribution in [0.15, 0.2) is 42.9 Å². The number of pyridine rings is 1. The summed E-state index contributed by atoms with van der Waals surface area (Å²) in [5, 5.41) is 17.9. The van der Waals surface area contributed by atoms with E-state index >= 15 is 0 Å². The van der Waals surface area contributed by atoms with Gasteiger partial charge in [0, 0.05) is 11.6 Å². The van der Waals surface area contributed by atoms with Crippen LogP contribution in [0.25, 0.3) is 16.6 Å². The Morgan fingerprint density at radius 3 is 2.94 bits per heavy atom. The molecule has 0 amide bonds. The molecule has 0 saturated heterocycles. The minimum absolute atomic E-state index is 0.150. The van der Waals surface area contributed by atoms with Crippen LogP contribution in [0.2, 0.25) is 0 Å². The van der Waals surface area contributed by atoms with E-state index in [0.29, 0.717) is 5.82 Å². The standard InChI is InChI=1S/C12H10N4O/c17-7-11-15-14-8-16(11)10-5-1-3-9-4-2-6-13-12(9)10/h1-6,8,17H,7H2. The molecule has 84 valence electrons. The molecule has 0 aliphatic carbocycles. The quantitative estimate of drug-likeness (QED) is 0.715. The molecule has 0 aliphatic heterocycles. The van der Waals surface area contributed by atoms with Gasteiger partial charge in [-0.25, -0.2) is 0 Å². The van der Waals surface area contributed by atoms with Crippen molar-refractivity contribution >= 4 is 10.9 Å². The van der Waals surface area contributed by atoms with Gasteiger partial charge in [0.2, 0.25) is 0 Å². The molecule has 1 N–H and O–H groups in total. The summed E-state index contributed by atoms with van der Waals surface area (Å²) in [7, 11) is 0. The third kappa shape index (κ3) is 1.57. The Morgan fingerprint density at radius 2 is 2.06 bits per heavy atom. The smallest absolute Gasteiger partial charge is 0.163 e. The van der Waals surface area contributed by atoms with E-state index in [4.69, 9.17) is 0 Å². The summed E-state index contributed by atoms with van der Waals surface area (Å²) >= 11 is 0. The molecule has 1 aromatic carbocycles. The van der Waals surface area contributed by atoms with E-state index in [0.717, 1.165) is 16.6 Å². The van der Waals surface area contributed by atoms with Crippen LogP contribution in [0.4, 0.5) is 0 Å². The van der Waals surface area contributed by atoms with Gasteiger partial charge in [-0.1, -0.05) is 18.2 Å². The summed E-state index contributed by atoms with van der Waals surface area (Å²) in [5.74, 6) is 0.503. The second-order valence-electron chi connectivity index (χ2n) is 3.63. The van der Waals surface area contributed by atoms with Gasteiger partial charge in [-0.2, -0.15) is 0 Å². The van der Waals surface area contributed by atoms with Gasteiger partial charge >= 0.3 is 0 Å². The zero-order chi connectivity index (χ0) is 11.7. The molecule has 17 heavy (non-hydrogen) atoms. The maximum atomic E-state index is 9.20. The van der Waals surface area contributed by atoms with Crippen LogP contribution in [-0.4, -0.2) is 24.9 Å². The van der Waals surface area contributed by atoms with Crippen molar-refractivity contribution in [1.29, 1.82) is 0 Å². The highest BCUT2D eigenvalue weighted by molar-refractivity contribution is 5.86. The van der Waals surface area contributed by atoms with E-state index in [1.54, 1.807) is 17.1 Å². The van der Waals surface area contributed by atoms with Crippen LogP contribution in [0.3, 0.4) is 0 Å². The monoisotopic (exact) mass is 226 g/mol. The highest BCUT2D eigenvalue weighted by Crippen LogP contribution is 2.20. The van der Waals surface area contributed by atoms with Crippen molar-refractivity contribution in [1.82, 2.24) is 19.7 Å². The average molecular weight is 226 g/mol.